The number of carbonyl (C=O) groups is 1. The molecule has 0 spiro atoms. The number of halogens is 3. The van der Waals surface area contributed by atoms with Crippen molar-refractivity contribution in [2.45, 2.75) is 19.9 Å². The number of esters is 1. The summed E-state index contributed by atoms with van der Waals surface area (Å²) in [7, 11) is 0. The first kappa shape index (κ1) is 22.1. The maximum atomic E-state index is 14.8. The van der Waals surface area contributed by atoms with Crippen LogP contribution >= 0.6 is 22.9 Å². The van der Waals surface area contributed by atoms with Crippen LogP contribution in [0.25, 0.3) is 6.08 Å². The highest BCUT2D eigenvalue weighted by atomic mass is 35.5. The SMILES string of the molecule is CCOC(=O)C1=C(C)N=c2sc(=Cc3c(F)cccc3Cl)c(=O)n2C1c1ccccc1F. The molecule has 1 atom stereocenters. The Kier molecular flexibility index (Phi) is 6.08. The van der Waals surface area contributed by atoms with Crippen LogP contribution in [-0.2, 0) is 9.53 Å². The molecule has 0 radical (unpaired) electrons. The highest BCUT2D eigenvalue weighted by Crippen LogP contribution is 2.32. The first-order chi connectivity index (χ1) is 15.3. The number of fused-ring (bicyclic) bond motifs is 1. The van der Waals surface area contributed by atoms with Gasteiger partial charge in [0, 0.05) is 11.1 Å². The lowest BCUT2D eigenvalue weighted by Gasteiger charge is -2.24. The van der Waals surface area contributed by atoms with E-state index in [1.807, 2.05) is 0 Å². The zero-order valence-corrected chi connectivity index (χ0v) is 18.6. The molecular weight excluding hydrogens is 458 g/mol. The predicted molar refractivity (Wildman–Crippen MR) is 118 cm³/mol. The second kappa shape index (κ2) is 8.80. The molecule has 1 aliphatic heterocycles. The molecule has 32 heavy (non-hydrogen) atoms. The summed E-state index contributed by atoms with van der Waals surface area (Å²) in [5.41, 5.74) is 0.0218. The summed E-state index contributed by atoms with van der Waals surface area (Å²) in [4.78, 5) is 30.8. The summed E-state index contributed by atoms with van der Waals surface area (Å²) in [5.74, 6) is -1.86. The van der Waals surface area contributed by atoms with Gasteiger partial charge in [0.05, 0.1) is 27.4 Å². The molecule has 4 rings (SSSR count). The smallest absolute Gasteiger partial charge is 0.338 e. The van der Waals surface area contributed by atoms with Gasteiger partial charge >= 0.3 is 5.97 Å². The number of carbonyl (C=O) groups excluding carboxylic acids is 1. The summed E-state index contributed by atoms with van der Waals surface area (Å²) in [6, 6.07) is 9.02. The van der Waals surface area contributed by atoms with Crippen LogP contribution in [-0.4, -0.2) is 17.1 Å². The number of allylic oxidation sites excluding steroid dienone is 1. The summed E-state index contributed by atoms with van der Waals surface area (Å²) in [6.07, 6.45) is 1.34. The Balaban J connectivity index is 2.02. The minimum atomic E-state index is -1.08. The average molecular weight is 475 g/mol. The maximum absolute atomic E-state index is 14.8. The van der Waals surface area contributed by atoms with Crippen molar-refractivity contribution in [3.8, 4) is 0 Å². The minimum Gasteiger partial charge on any atom is -0.463 e. The van der Waals surface area contributed by atoms with Crippen LogP contribution in [0.5, 0.6) is 0 Å². The Bertz CT molecular complexity index is 1420. The first-order valence-corrected chi connectivity index (χ1v) is 10.9. The lowest BCUT2D eigenvalue weighted by atomic mass is 9.95. The number of ether oxygens (including phenoxy) is 1. The van der Waals surface area contributed by atoms with E-state index >= 15 is 0 Å². The van der Waals surface area contributed by atoms with Crippen LogP contribution in [0.3, 0.4) is 0 Å². The average Bonchev–Trinajstić information content (AvgIpc) is 3.05. The lowest BCUT2D eigenvalue weighted by molar-refractivity contribution is -0.139. The zero-order valence-electron chi connectivity index (χ0n) is 17.1. The van der Waals surface area contributed by atoms with Gasteiger partial charge in [-0.15, -0.1) is 0 Å². The van der Waals surface area contributed by atoms with Crippen molar-refractivity contribution in [3.63, 3.8) is 0 Å². The van der Waals surface area contributed by atoms with Crippen molar-refractivity contribution in [3.05, 3.63) is 101 Å². The number of hydrogen-bond acceptors (Lipinski definition) is 5. The molecule has 0 aliphatic carbocycles. The van der Waals surface area contributed by atoms with E-state index in [1.54, 1.807) is 19.9 Å². The van der Waals surface area contributed by atoms with Crippen LogP contribution in [0.15, 0.2) is 63.5 Å². The van der Waals surface area contributed by atoms with E-state index in [0.29, 0.717) is 5.70 Å². The van der Waals surface area contributed by atoms with Crippen molar-refractivity contribution >= 4 is 35.0 Å². The van der Waals surface area contributed by atoms with Crippen molar-refractivity contribution in [2.75, 3.05) is 6.61 Å². The normalized spacial score (nSPS) is 16.0. The molecule has 164 valence electrons. The zero-order chi connectivity index (χ0) is 23.0. The number of aromatic nitrogens is 1. The fourth-order valence-electron chi connectivity index (χ4n) is 3.56. The number of thiazole rings is 1. The fraction of sp³-hybridized carbons (Fsp3) is 0.174. The second-order valence-corrected chi connectivity index (χ2v) is 8.38. The van der Waals surface area contributed by atoms with Gasteiger partial charge in [-0.3, -0.25) is 9.36 Å². The standard InChI is InChI=1S/C23H17ClF2N2O3S/c1-3-31-22(30)19-12(2)27-23-28(20(19)13-7-4-5-9-16(13)25)21(29)18(32-23)11-14-15(24)8-6-10-17(14)26/h4-11,20H,3H2,1-2H3. The molecule has 2 heterocycles. The van der Waals surface area contributed by atoms with Crippen molar-refractivity contribution in [1.82, 2.24) is 4.57 Å². The third-order valence-corrected chi connectivity index (χ3v) is 6.30. The maximum Gasteiger partial charge on any atom is 0.338 e. The van der Waals surface area contributed by atoms with E-state index in [1.165, 1.54) is 47.0 Å². The van der Waals surface area contributed by atoms with E-state index in [4.69, 9.17) is 16.3 Å². The van der Waals surface area contributed by atoms with Crippen molar-refractivity contribution < 1.29 is 18.3 Å². The molecule has 0 fully saturated rings. The molecule has 0 N–H and O–H groups in total. The Labute approximate surface area is 190 Å². The summed E-state index contributed by atoms with van der Waals surface area (Å²) in [6.45, 7) is 3.36. The third kappa shape index (κ3) is 3.80. The largest absolute Gasteiger partial charge is 0.463 e. The number of rotatable bonds is 4. The Morgan fingerprint density at radius 2 is 1.94 bits per heavy atom. The van der Waals surface area contributed by atoms with Gasteiger partial charge in [-0.2, -0.15) is 0 Å². The van der Waals surface area contributed by atoms with Crippen LogP contribution in [0.1, 0.15) is 31.0 Å². The van der Waals surface area contributed by atoms with E-state index < -0.39 is 29.2 Å². The lowest BCUT2D eigenvalue weighted by Crippen LogP contribution is -2.40. The topological polar surface area (TPSA) is 60.7 Å². The molecule has 0 saturated heterocycles. The van der Waals surface area contributed by atoms with Gasteiger partial charge < -0.3 is 4.74 Å². The molecule has 2 aromatic carbocycles. The minimum absolute atomic E-state index is 0.0585. The Morgan fingerprint density at radius 1 is 1.22 bits per heavy atom. The molecular formula is C23H17ClF2N2O3S. The van der Waals surface area contributed by atoms with Crippen LogP contribution < -0.4 is 14.9 Å². The number of nitrogens with zero attached hydrogens (tertiary/aromatic N) is 2. The second-order valence-electron chi connectivity index (χ2n) is 6.96. The van der Waals surface area contributed by atoms with Crippen molar-refractivity contribution in [2.24, 2.45) is 4.99 Å². The van der Waals surface area contributed by atoms with Gasteiger partial charge in [-0.25, -0.2) is 18.6 Å². The van der Waals surface area contributed by atoms with Gasteiger partial charge in [-0.1, -0.05) is 47.2 Å². The summed E-state index contributed by atoms with van der Waals surface area (Å²) < 4.78 is 35.7. The van der Waals surface area contributed by atoms with Gasteiger partial charge in [0.2, 0.25) is 0 Å². The fourth-order valence-corrected chi connectivity index (χ4v) is 4.81. The molecule has 1 aliphatic rings. The molecule has 0 amide bonds. The highest BCUT2D eigenvalue weighted by Gasteiger charge is 2.34. The Hall–Kier alpha value is -3.10. The van der Waals surface area contributed by atoms with E-state index in [2.05, 4.69) is 4.99 Å². The van der Waals surface area contributed by atoms with Crippen molar-refractivity contribution in [1.29, 1.82) is 0 Å². The van der Waals surface area contributed by atoms with Crippen LogP contribution in [0.2, 0.25) is 5.02 Å². The van der Waals surface area contributed by atoms with E-state index in [-0.39, 0.29) is 37.7 Å². The molecule has 1 aromatic heterocycles. The first-order valence-electron chi connectivity index (χ1n) is 9.71. The molecule has 0 saturated carbocycles. The predicted octanol–water partition coefficient (Wildman–Crippen LogP) is 3.73. The summed E-state index contributed by atoms with van der Waals surface area (Å²) in [5, 5.41) is 0.143. The molecule has 5 nitrogen and oxygen atoms in total. The van der Waals surface area contributed by atoms with Gasteiger partial charge in [0.25, 0.3) is 5.56 Å². The molecule has 3 aromatic rings. The highest BCUT2D eigenvalue weighted by molar-refractivity contribution is 7.07. The summed E-state index contributed by atoms with van der Waals surface area (Å²) >= 11 is 7.11. The Morgan fingerprint density at radius 3 is 2.62 bits per heavy atom. The molecule has 1 unspecified atom stereocenters. The monoisotopic (exact) mass is 474 g/mol. The molecule has 0 bridgehead atoms. The number of hydrogen-bond donors (Lipinski definition) is 0. The van der Waals surface area contributed by atoms with Gasteiger partial charge in [-0.05, 0) is 38.1 Å². The van der Waals surface area contributed by atoms with Crippen LogP contribution in [0, 0.1) is 11.6 Å². The quantitative estimate of drug-likeness (QED) is 0.541. The van der Waals surface area contributed by atoms with Crippen LogP contribution in [0.4, 0.5) is 8.78 Å². The van der Waals surface area contributed by atoms with Gasteiger partial charge in [0.15, 0.2) is 4.80 Å². The molecule has 9 heteroatoms. The third-order valence-electron chi connectivity index (χ3n) is 4.99. The van der Waals surface area contributed by atoms with E-state index in [9.17, 15) is 18.4 Å². The van der Waals surface area contributed by atoms with E-state index in [0.717, 1.165) is 11.3 Å². The van der Waals surface area contributed by atoms with Gasteiger partial charge in [0.1, 0.15) is 17.7 Å². The number of benzene rings is 2.